The molecule has 0 atom stereocenters. The number of likely N-dealkylation sites (N-methyl/N-ethyl adjacent to an activating group) is 1. The Morgan fingerprint density at radius 3 is 2.55 bits per heavy atom. The second-order valence-electron chi connectivity index (χ2n) is 7.44. The largest absolute Gasteiger partial charge is 0.416 e. The van der Waals surface area contributed by atoms with Gasteiger partial charge in [-0.3, -0.25) is 9.59 Å². The highest BCUT2D eigenvalue weighted by molar-refractivity contribution is 5.99. The van der Waals surface area contributed by atoms with Gasteiger partial charge in [0.25, 0.3) is 5.91 Å². The number of amides is 2. The fourth-order valence-corrected chi connectivity index (χ4v) is 3.21. The van der Waals surface area contributed by atoms with Gasteiger partial charge in [-0.2, -0.15) is 18.3 Å². The number of carbonyl (C=O) groups excluding carboxylic acids is 2. The van der Waals surface area contributed by atoms with E-state index in [-0.39, 0.29) is 35.6 Å². The predicted molar refractivity (Wildman–Crippen MR) is 106 cm³/mol. The number of alkyl halides is 3. The molecule has 7 nitrogen and oxygen atoms in total. The Labute approximate surface area is 176 Å². The molecule has 2 heterocycles. The Hall–Kier alpha value is -3.56. The number of carbonyl (C=O) groups is 2. The fraction of sp³-hybridized carbons (Fsp3) is 0.286. The van der Waals surface area contributed by atoms with E-state index in [0.29, 0.717) is 0 Å². The minimum Gasteiger partial charge on any atom is -0.352 e. The number of nitrogens with one attached hydrogen (secondary N) is 1. The Morgan fingerprint density at radius 2 is 1.90 bits per heavy atom. The van der Waals surface area contributed by atoms with Crippen LogP contribution in [0.3, 0.4) is 0 Å². The number of hydrogen-bond donors (Lipinski definition) is 1. The van der Waals surface area contributed by atoms with Gasteiger partial charge < -0.3 is 14.8 Å². The van der Waals surface area contributed by atoms with Crippen molar-refractivity contribution in [1.82, 2.24) is 24.6 Å². The van der Waals surface area contributed by atoms with Crippen LogP contribution < -0.4 is 5.32 Å². The first-order valence-electron chi connectivity index (χ1n) is 9.68. The monoisotopic (exact) mass is 431 g/mol. The van der Waals surface area contributed by atoms with E-state index in [1.165, 1.54) is 35.0 Å². The number of benzene rings is 1. The minimum atomic E-state index is -4.51. The summed E-state index contributed by atoms with van der Waals surface area (Å²) in [5.41, 5.74) is -0.497. The zero-order valence-electron chi connectivity index (χ0n) is 16.6. The van der Waals surface area contributed by atoms with Crippen LogP contribution in [-0.4, -0.2) is 50.7 Å². The van der Waals surface area contributed by atoms with Crippen molar-refractivity contribution >= 4 is 11.8 Å². The Kier molecular flexibility index (Phi) is 5.30. The van der Waals surface area contributed by atoms with E-state index < -0.39 is 17.6 Å². The fourth-order valence-electron chi connectivity index (χ4n) is 3.21. The zero-order valence-corrected chi connectivity index (χ0v) is 16.6. The van der Waals surface area contributed by atoms with Gasteiger partial charge in [-0.05, 0) is 43.2 Å². The molecule has 1 aliphatic carbocycles. The summed E-state index contributed by atoms with van der Waals surface area (Å²) >= 11 is 0. The molecule has 0 saturated heterocycles. The quantitative estimate of drug-likeness (QED) is 0.652. The van der Waals surface area contributed by atoms with E-state index in [1.807, 2.05) is 0 Å². The van der Waals surface area contributed by atoms with Crippen LogP contribution in [0.5, 0.6) is 0 Å². The van der Waals surface area contributed by atoms with Gasteiger partial charge in [0.2, 0.25) is 5.91 Å². The molecule has 3 aromatic rings. The molecular weight excluding hydrogens is 411 g/mol. The molecule has 1 fully saturated rings. The third-order valence-corrected chi connectivity index (χ3v) is 4.91. The summed E-state index contributed by atoms with van der Waals surface area (Å²) in [6.07, 6.45) is 1.99. The Morgan fingerprint density at radius 1 is 1.19 bits per heavy atom. The molecule has 0 unspecified atom stereocenters. The van der Waals surface area contributed by atoms with E-state index in [2.05, 4.69) is 10.4 Å². The lowest BCUT2D eigenvalue weighted by Crippen LogP contribution is -2.39. The summed E-state index contributed by atoms with van der Waals surface area (Å²) < 4.78 is 42.4. The lowest BCUT2D eigenvalue weighted by atomic mass is 10.2. The van der Waals surface area contributed by atoms with Crippen molar-refractivity contribution in [3.8, 4) is 11.5 Å². The molecule has 2 amide bonds. The van der Waals surface area contributed by atoms with Gasteiger partial charge in [-0.25, -0.2) is 4.68 Å². The Balaban J connectivity index is 1.69. The molecule has 2 aromatic heterocycles. The maximum atomic E-state index is 13.2. The summed E-state index contributed by atoms with van der Waals surface area (Å²) in [7, 11) is 1.50. The number of nitrogens with zero attached hydrogens (tertiary/aromatic N) is 4. The summed E-state index contributed by atoms with van der Waals surface area (Å²) in [6.45, 7) is -0.130. The molecule has 10 heteroatoms. The van der Waals surface area contributed by atoms with Crippen molar-refractivity contribution in [3.05, 3.63) is 66.1 Å². The van der Waals surface area contributed by atoms with Crippen molar-refractivity contribution in [2.45, 2.75) is 25.1 Å². The third-order valence-electron chi connectivity index (χ3n) is 4.91. The van der Waals surface area contributed by atoms with Gasteiger partial charge in [-0.15, -0.1) is 0 Å². The first kappa shape index (κ1) is 20.7. The molecule has 31 heavy (non-hydrogen) atoms. The summed E-state index contributed by atoms with van der Waals surface area (Å²) in [5.74, 6) is -0.442. The van der Waals surface area contributed by atoms with Gasteiger partial charge in [0.1, 0.15) is 5.56 Å². The molecule has 4 rings (SSSR count). The van der Waals surface area contributed by atoms with Gasteiger partial charge in [-0.1, -0.05) is 6.07 Å². The van der Waals surface area contributed by atoms with Crippen LogP contribution in [0.2, 0.25) is 0 Å². The van der Waals surface area contributed by atoms with Crippen LogP contribution in [0.25, 0.3) is 11.5 Å². The normalized spacial score (nSPS) is 13.8. The lowest BCUT2D eigenvalue weighted by molar-refractivity contribution is -0.137. The number of rotatable bonds is 6. The average Bonchev–Trinajstić information content (AvgIpc) is 3.19. The smallest absolute Gasteiger partial charge is 0.352 e. The number of halogens is 3. The van der Waals surface area contributed by atoms with E-state index in [0.717, 1.165) is 25.0 Å². The molecule has 1 N–H and O–H groups in total. The van der Waals surface area contributed by atoms with Crippen LogP contribution in [0.15, 0.2) is 55.0 Å². The number of hydrogen-bond acceptors (Lipinski definition) is 3. The van der Waals surface area contributed by atoms with Gasteiger partial charge in [0.15, 0.2) is 5.82 Å². The lowest BCUT2D eigenvalue weighted by Gasteiger charge is -2.18. The highest BCUT2D eigenvalue weighted by Gasteiger charge is 2.31. The molecule has 0 radical (unpaired) electrons. The SMILES string of the molecule is CN(CC(=O)NC1CC1)C(=O)c1cnn(-c2cccc(C(F)(F)F)c2)c1-n1cccc1. The summed E-state index contributed by atoms with van der Waals surface area (Å²) in [5, 5.41) is 7.01. The van der Waals surface area contributed by atoms with Crippen LogP contribution in [0, 0.1) is 0 Å². The van der Waals surface area contributed by atoms with Crippen molar-refractivity contribution in [1.29, 1.82) is 0 Å². The second-order valence-corrected chi connectivity index (χ2v) is 7.44. The van der Waals surface area contributed by atoms with E-state index in [1.54, 1.807) is 29.1 Å². The predicted octanol–water partition coefficient (Wildman–Crippen LogP) is 3.03. The van der Waals surface area contributed by atoms with Crippen LogP contribution in [0.1, 0.15) is 28.8 Å². The van der Waals surface area contributed by atoms with Gasteiger partial charge in [0.05, 0.1) is 24.0 Å². The van der Waals surface area contributed by atoms with Gasteiger partial charge >= 0.3 is 6.18 Å². The Bertz CT molecular complexity index is 1100. The summed E-state index contributed by atoms with van der Waals surface area (Å²) in [4.78, 5) is 26.4. The molecule has 1 aromatic carbocycles. The van der Waals surface area contributed by atoms with E-state index >= 15 is 0 Å². The molecular formula is C21H20F3N5O2. The van der Waals surface area contributed by atoms with E-state index in [9.17, 15) is 22.8 Å². The highest BCUT2D eigenvalue weighted by Crippen LogP contribution is 2.31. The van der Waals surface area contributed by atoms with Crippen molar-refractivity contribution in [2.75, 3.05) is 13.6 Å². The van der Waals surface area contributed by atoms with Crippen molar-refractivity contribution in [2.24, 2.45) is 0 Å². The zero-order chi connectivity index (χ0) is 22.2. The van der Waals surface area contributed by atoms with Crippen LogP contribution in [0.4, 0.5) is 13.2 Å². The standard InChI is InChI=1S/C21H20F3N5O2/c1-27(13-18(30)26-15-7-8-15)20(31)17-12-25-29(19(17)28-9-2-3-10-28)16-6-4-5-14(11-16)21(22,23)24/h2-6,9-12,15H,7-8,13H2,1H3,(H,26,30). The van der Waals surface area contributed by atoms with Crippen LogP contribution >= 0.6 is 0 Å². The van der Waals surface area contributed by atoms with Crippen molar-refractivity contribution in [3.63, 3.8) is 0 Å². The summed E-state index contributed by atoms with van der Waals surface area (Å²) in [6, 6.07) is 8.34. The minimum absolute atomic E-state index is 0.130. The molecule has 0 bridgehead atoms. The molecule has 1 saturated carbocycles. The van der Waals surface area contributed by atoms with Crippen molar-refractivity contribution < 1.29 is 22.8 Å². The molecule has 1 aliphatic rings. The molecule has 0 aliphatic heterocycles. The third kappa shape index (κ3) is 4.47. The maximum Gasteiger partial charge on any atom is 0.416 e. The van der Waals surface area contributed by atoms with Gasteiger partial charge in [0, 0.05) is 25.5 Å². The average molecular weight is 431 g/mol. The van der Waals surface area contributed by atoms with Crippen LogP contribution in [-0.2, 0) is 11.0 Å². The molecule has 162 valence electrons. The first-order chi connectivity index (χ1) is 14.7. The highest BCUT2D eigenvalue weighted by atomic mass is 19.4. The second kappa shape index (κ2) is 7.93. The number of aromatic nitrogens is 3. The topological polar surface area (TPSA) is 72.2 Å². The maximum absolute atomic E-state index is 13.2. The molecule has 0 spiro atoms. The van der Waals surface area contributed by atoms with E-state index in [4.69, 9.17) is 0 Å². The first-order valence-corrected chi connectivity index (χ1v) is 9.68.